The molecule has 3 N–H and O–H groups in total. The number of anilines is 2. The van der Waals surface area contributed by atoms with Crippen LogP contribution in [0.15, 0.2) is 71.0 Å². The van der Waals surface area contributed by atoms with E-state index in [0.29, 0.717) is 5.56 Å². The van der Waals surface area contributed by atoms with Gasteiger partial charge in [0.15, 0.2) is 0 Å². The molecule has 0 saturated carbocycles. The molecule has 1 aliphatic rings. The van der Waals surface area contributed by atoms with Crippen LogP contribution in [0.3, 0.4) is 0 Å². The van der Waals surface area contributed by atoms with Gasteiger partial charge in [-0.25, -0.2) is 4.99 Å². The summed E-state index contributed by atoms with van der Waals surface area (Å²) in [6.07, 6.45) is 1.49. The van der Waals surface area contributed by atoms with Crippen LogP contribution in [-0.4, -0.2) is 12.2 Å². The van der Waals surface area contributed by atoms with Gasteiger partial charge in [-0.15, -0.1) is 11.3 Å². The highest BCUT2D eigenvalue weighted by Crippen LogP contribution is 2.36. The molecule has 0 spiro atoms. The fourth-order valence-electron chi connectivity index (χ4n) is 2.71. The van der Waals surface area contributed by atoms with Gasteiger partial charge in [-0.2, -0.15) is 0 Å². The van der Waals surface area contributed by atoms with Gasteiger partial charge in [-0.3, -0.25) is 4.79 Å². The van der Waals surface area contributed by atoms with Crippen LogP contribution in [0, 0.1) is 0 Å². The van der Waals surface area contributed by atoms with Gasteiger partial charge < -0.3 is 16.0 Å². The third kappa shape index (κ3) is 3.05. The zero-order valence-electron chi connectivity index (χ0n) is 13.3. The minimum absolute atomic E-state index is 0.132. The van der Waals surface area contributed by atoms with Crippen LogP contribution in [0.5, 0.6) is 0 Å². The molecule has 2 aromatic carbocycles. The summed E-state index contributed by atoms with van der Waals surface area (Å²) < 4.78 is 0. The van der Waals surface area contributed by atoms with E-state index in [1.165, 1.54) is 0 Å². The Kier molecular flexibility index (Phi) is 4.05. The molecule has 6 heteroatoms. The van der Waals surface area contributed by atoms with Crippen molar-refractivity contribution in [3.05, 3.63) is 77.2 Å². The molecule has 0 aliphatic carbocycles. The number of aliphatic imine (C=N–C) groups is 1. The number of hydrogen-bond acceptors (Lipinski definition) is 5. The minimum Gasteiger partial charge on any atom is -0.322 e. The molecule has 2 heterocycles. The Morgan fingerprint density at radius 3 is 2.60 bits per heavy atom. The van der Waals surface area contributed by atoms with Crippen LogP contribution >= 0.6 is 11.3 Å². The van der Waals surface area contributed by atoms with E-state index in [0.717, 1.165) is 21.9 Å². The van der Waals surface area contributed by atoms with Crippen LogP contribution in [0.2, 0.25) is 0 Å². The maximum Gasteiger partial charge on any atom is 0.255 e. The molecule has 1 aromatic heterocycles. The van der Waals surface area contributed by atoms with Crippen LogP contribution in [0.4, 0.5) is 16.4 Å². The molecule has 124 valence electrons. The molecule has 1 aliphatic heterocycles. The van der Waals surface area contributed by atoms with Gasteiger partial charge in [-0.1, -0.05) is 18.2 Å². The summed E-state index contributed by atoms with van der Waals surface area (Å²) >= 11 is 1.58. The van der Waals surface area contributed by atoms with E-state index >= 15 is 0 Å². The van der Waals surface area contributed by atoms with Gasteiger partial charge in [0.25, 0.3) is 5.91 Å². The third-order valence-corrected chi connectivity index (χ3v) is 4.89. The molecule has 1 unspecified atom stereocenters. The van der Waals surface area contributed by atoms with E-state index in [1.807, 2.05) is 58.8 Å². The molecule has 4 rings (SSSR count). The zero-order chi connectivity index (χ0) is 17.2. The van der Waals surface area contributed by atoms with Crippen molar-refractivity contribution in [2.24, 2.45) is 10.7 Å². The lowest BCUT2D eigenvalue weighted by Gasteiger charge is -2.29. The number of thiophene rings is 1. The Labute approximate surface area is 149 Å². The number of rotatable bonds is 3. The molecule has 1 atom stereocenters. The van der Waals surface area contributed by atoms with E-state index in [4.69, 9.17) is 5.73 Å². The second kappa shape index (κ2) is 6.51. The van der Waals surface area contributed by atoms with Gasteiger partial charge in [0.2, 0.25) is 0 Å². The molecule has 0 fully saturated rings. The van der Waals surface area contributed by atoms with E-state index < -0.39 is 0 Å². The molecule has 5 nitrogen and oxygen atoms in total. The van der Waals surface area contributed by atoms with Crippen molar-refractivity contribution in [2.45, 2.75) is 6.17 Å². The smallest absolute Gasteiger partial charge is 0.255 e. The maximum absolute atomic E-state index is 12.2. The number of nitrogens with two attached hydrogens (primary N) is 1. The first kappa shape index (κ1) is 15.6. The van der Waals surface area contributed by atoms with Crippen molar-refractivity contribution in [3.8, 4) is 0 Å². The minimum atomic E-state index is -0.261. The second-order valence-corrected chi connectivity index (χ2v) is 6.54. The molecule has 1 amide bonds. The number of carbonyl (C=O) groups is 1. The third-order valence-electron chi connectivity index (χ3n) is 4.05. The quantitative estimate of drug-likeness (QED) is 0.747. The Hall–Kier alpha value is -2.96. The first-order valence-corrected chi connectivity index (χ1v) is 8.72. The number of benzene rings is 2. The van der Waals surface area contributed by atoms with Crippen LogP contribution in [-0.2, 0) is 0 Å². The fourth-order valence-corrected chi connectivity index (χ4v) is 3.49. The lowest BCUT2D eigenvalue weighted by atomic mass is 10.1. The SMILES string of the molecule is NC1c2ccsc2N=CN1c1ccc(NC(=O)c2ccccc2)cc1. The highest BCUT2D eigenvalue weighted by Gasteiger charge is 2.23. The number of nitrogens with one attached hydrogen (secondary N) is 1. The summed E-state index contributed by atoms with van der Waals surface area (Å²) in [6, 6.07) is 18.7. The van der Waals surface area contributed by atoms with Crippen LogP contribution in [0.1, 0.15) is 22.1 Å². The maximum atomic E-state index is 12.2. The number of carbonyl (C=O) groups excluding carboxylic acids is 1. The first-order valence-electron chi connectivity index (χ1n) is 7.84. The lowest BCUT2D eigenvalue weighted by molar-refractivity contribution is 0.102. The fraction of sp³-hybridized carbons (Fsp3) is 0.0526. The average molecular weight is 348 g/mol. The monoisotopic (exact) mass is 348 g/mol. The molecule has 0 bridgehead atoms. The van der Waals surface area contributed by atoms with Crippen molar-refractivity contribution < 1.29 is 4.79 Å². The zero-order valence-corrected chi connectivity index (χ0v) is 14.1. The number of fused-ring (bicyclic) bond motifs is 1. The van der Waals surface area contributed by atoms with Crippen molar-refractivity contribution >= 4 is 40.0 Å². The number of amides is 1. The van der Waals surface area contributed by atoms with Gasteiger partial charge in [0.05, 0.1) is 6.34 Å². The standard InChI is InChI=1S/C19H16N4OS/c20-17-16-10-11-25-19(16)21-12-23(17)15-8-6-14(7-9-15)22-18(24)13-4-2-1-3-5-13/h1-12,17H,20H2,(H,22,24). The molecular weight excluding hydrogens is 332 g/mol. The largest absolute Gasteiger partial charge is 0.322 e. The van der Waals surface area contributed by atoms with Gasteiger partial charge >= 0.3 is 0 Å². The lowest BCUT2D eigenvalue weighted by Crippen LogP contribution is -2.35. The van der Waals surface area contributed by atoms with Crippen molar-refractivity contribution in [2.75, 3.05) is 10.2 Å². The summed E-state index contributed by atoms with van der Waals surface area (Å²) in [5.74, 6) is -0.132. The summed E-state index contributed by atoms with van der Waals surface area (Å²) in [7, 11) is 0. The van der Waals surface area contributed by atoms with E-state index in [2.05, 4.69) is 10.3 Å². The van der Waals surface area contributed by atoms with Gasteiger partial charge in [-0.05, 0) is 47.8 Å². The second-order valence-electron chi connectivity index (χ2n) is 5.64. The highest BCUT2D eigenvalue weighted by molar-refractivity contribution is 7.14. The molecular formula is C19H16N4OS. The van der Waals surface area contributed by atoms with Crippen molar-refractivity contribution in [3.63, 3.8) is 0 Å². The molecule has 0 radical (unpaired) electrons. The van der Waals surface area contributed by atoms with E-state index in [1.54, 1.807) is 29.8 Å². The van der Waals surface area contributed by atoms with Crippen LogP contribution in [0.25, 0.3) is 0 Å². The Morgan fingerprint density at radius 2 is 1.84 bits per heavy atom. The van der Waals surface area contributed by atoms with Crippen molar-refractivity contribution in [1.82, 2.24) is 0 Å². The Morgan fingerprint density at radius 1 is 1.08 bits per heavy atom. The first-order chi connectivity index (χ1) is 12.2. The predicted molar refractivity (Wildman–Crippen MR) is 103 cm³/mol. The summed E-state index contributed by atoms with van der Waals surface area (Å²) in [6.45, 7) is 0. The van der Waals surface area contributed by atoms with Crippen LogP contribution < -0.4 is 16.0 Å². The molecule has 0 saturated heterocycles. The average Bonchev–Trinajstić information content (AvgIpc) is 3.13. The molecule has 25 heavy (non-hydrogen) atoms. The molecule has 3 aromatic rings. The summed E-state index contributed by atoms with van der Waals surface area (Å²) in [4.78, 5) is 18.6. The Bertz CT molecular complexity index is 918. The Balaban J connectivity index is 1.50. The topological polar surface area (TPSA) is 70.7 Å². The summed E-state index contributed by atoms with van der Waals surface area (Å²) in [5, 5.41) is 5.84. The number of nitrogens with zero attached hydrogens (tertiary/aromatic N) is 2. The van der Waals surface area contributed by atoms with Crippen molar-refractivity contribution in [1.29, 1.82) is 0 Å². The van der Waals surface area contributed by atoms with E-state index in [9.17, 15) is 4.79 Å². The van der Waals surface area contributed by atoms with Gasteiger partial charge in [0.1, 0.15) is 11.2 Å². The number of hydrogen-bond donors (Lipinski definition) is 2. The normalized spacial score (nSPS) is 15.7. The predicted octanol–water partition coefficient (Wildman–Crippen LogP) is 4.14. The summed E-state index contributed by atoms with van der Waals surface area (Å²) in [5.41, 5.74) is 9.64. The van der Waals surface area contributed by atoms with E-state index in [-0.39, 0.29) is 12.1 Å². The highest BCUT2D eigenvalue weighted by atomic mass is 32.1. The van der Waals surface area contributed by atoms with Gasteiger partial charge in [0, 0.05) is 22.5 Å².